The van der Waals surface area contributed by atoms with E-state index in [0.29, 0.717) is 6.04 Å². The fraction of sp³-hybridized carbons (Fsp3) is 0.727. The molecule has 0 aromatic carbocycles. The van der Waals surface area contributed by atoms with Gasteiger partial charge in [0.25, 0.3) is 0 Å². The first-order chi connectivity index (χ1) is 7.18. The van der Waals surface area contributed by atoms with Gasteiger partial charge < -0.3 is 10.6 Å². The number of likely N-dealkylation sites (tertiary alicyclic amines) is 1. The summed E-state index contributed by atoms with van der Waals surface area (Å²) in [7, 11) is 2.17. The van der Waals surface area contributed by atoms with Crippen molar-refractivity contribution in [2.75, 3.05) is 20.1 Å². The van der Waals surface area contributed by atoms with E-state index in [1.165, 1.54) is 19.4 Å². The fourth-order valence-corrected chi connectivity index (χ4v) is 2.33. The Labute approximate surface area is 91.1 Å². The third kappa shape index (κ3) is 2.21. The van der Waals surface area contributed by atoms with Crippen LogP contribution in [0.3, 0.4) is 0 Å². The minimum Gasteiger partial charge on any atom is -0.323 e. The Morgan fingerprint density at radius 1 is 1.60 bits per heavy atom. The third-order valence-electron chi connectivity index (χ3n) is 3.11. The van der Waals surface area contributed by atoms with E-state index in [-0.39, 0.29) is 6.04 Å². The summed E-state index contributed by atoms with van der Waals surface area (Å²) in [6.45, 7) is 4.30. The zero-order chi connectivity index (χ0) is 10.8. The SMILES string of the molecule is CC(N)c1ccnn1C1CCCN(C)C1. The first kappa shape index (κ1) is 10.6. The Bertz CT molecular complexity index is 318. The van der Waals surface area contributed by atoms with Gasteiger partial charge in [-0.2, -0.15) is 5.10 Å². The highest BCUT2D eigenvalue weighted by atomic mass is 15.3. The van der Waals surface area contributed by atoms with Crippen LogP contribution in [0.2, 0.25) is 0 Å². The van der Waals surface area contributed by atoms with Crippen molar-refractivity contribution in [3.63, 3.8) is 0 Å². The zero-order valence-corrected chi connectivity index (χ0v) is 9.56. The molecule has 0 bridgehead atoms. The molecule has 1 aliphatic heterocycles. The van der Waals surface area contributed by atoms with Crippen molar-refractivity contribution in [2.45, 2.75) is 31.8 Å². The van der Waals surface area contributed by atoms with Gasteiger partial charge in [-0.15, -0.1) is 0 Å². The molecule has 0 radical (unpaired) electrons. The van der Waals surface area contributed by atoms with Crippen LogP contribution < -0.4 is 5.73 Å². The van der Waals surface area contributed by atoms with E-state index in [0.717, 1.165) is 12.2 Å². The lowest BCUT2D eigenvalue weighted by atomic mass is 10.1. The van der Waals surface area contributed by atoms with Crippen LogP contribution in [0, 0.1) is 0 Å². The summed E-state index contributed by atoms with van der Waals surface area (Å²) in [5.74, 6) is 0. The molecule has 15 heavy (non-hydrogen) atoms. The second-order valence-electron chi connectivity index (χ2n) is 4.55. The number of aromatic nitrogens is 2. The van der Waals surface area contributed by atoms with Gasteiger partial charge in [-0.1, -0.05) is 0 Å². The molecule has 1 aliphatic rings. The van der Waals surface area contributed by atoms with Crippen LogP contribution in [0.1, 0.15) is 37.5 Å². The van der Waals surface area contributed by atoms with Gasteiger partial charge in [0.15, 0.2) is 0 Å². The highest BCUT2D eigenvalue weighted by molar-refractivity contribution is 5.06. The molecule has 0 saturated carbocycles. The van der Waals surface area contributed by atoms with Gasteiger partial charge in [0.05, 0.1) is 11.7 Å². The molecule has 4 heteroatoms. The van der Waals surface area contributed by atoms with Gasteiger partial charge in [0.1, 0.15) is 0 Å². The van der Waals surface area contributed by atoms with Crippen molar-refractivity contribution >= 4 is 0 Å². The number of likely N-dealkylation sites (N-methyl/N-ethyl adjacent to an activating group) is 1. The lowest BCUT2D eigenvalue weighted by Crippen LogP contribution is -2.35. The normalized spacial score (nSPS) is 25.4. The maximum Gasteiger partial charge on any atom is 0.0650 e. The highest BCUT2D eigenvalue weighted by Gasteiger charge is 2.21. The van der Waals surface area contributed by atoms with Crippen molar-refractivity contribution in [3.05, 3.63) is 18.0 Å². The summed E-state index contributed by atoms with van der Waals surface area (Å²) < 4.78 is 2.11. The molecule has 1 fully saturated rings. The molecular formula is C11H20N4. The van der Waals surface area contributed by atoms with Crippen molar-refractivity contribution in [2.24, 2.45) is 5.73 Å². The largest absolute Gasteiger partial charge is 0.323 e. The summed E-state index contributed by atoms with van der Waals surface area (Å²) in [5.41, 5.74) is 7.07. The predicted molar refractivity (Wildman–Crippen MR) is 60.6 cm³/mol. The molecule has 2 rings (SSSR count). The third-order valence-corrected chi connectivity index (χ3v) is 3.11. The van der Waals surface area contributed by atoms with E-state index < -0.39 is 0 Å². The maximum atomic E-state index is 5.93. The lowest BCUT2D eigenvalue weighted by molar-refractivity contribution is 0.199. The second-order valence-corrected chi connectivity index (χ2v) is 4.55. The van der Waals surface area contributed by atoms with E-state index in [2.05, 4.69) is 21.7 Å². The quantitative estimate of drug-likeness (QED) is 0.793. The molecule has 0 amide bonds. The van der Waals surface area contributed by atoms with Crippen molar-refractivity contribution < 1.29 is 0 Å². The van der Waals surface area contributed by atoms with E-state index >= 15 is 0 Å². The van der Waals surface area contributed by atoms with Gasteiger partial charge in [-0.05, 0) is 39.4 Å². The van der Waals surface area contributed by atoms with Crippen LogP contribution in [-0.4, -0.2) is 34.8 Å². The number of piperidine rings is 1. The van der Waals surface area contributed by atoms with Crippen LogP contribution >= 0.6 is 0 Å². The smallest absolute Gasteiger partial charge is 0.0650 e. The highest BCUT2D eigenvalue weighted by Crippen LogP contribution is 2.23. The van der Waals surface area contributed by atoms with Gasteiger partial charge in [-0.25, -0.2) is 0 Å². The van der Waals surface area contributed by atoms with Crippen LogP contribution in [0.15, 0.2) is 12.3 Å². The molecule has 1 saturated heterocycles. The lowest BCUT2D eigenvalue weighted by Gasteiger charge is -2.31. The van der Waals surface area contributed by atoms with Gasteiger partial charge in [0, 0.05) is 18.8 Å². The summed E-state index contributed by atoms with van der Waals surface area (Å²) in [6.07, 6.45) is 4.32. The van der Waals surface area contributed by atoms with Crippen LogP contribution in [-0.2, 0) is 0 Å². The Morgan fingerprint density at radius 3 is 3.07 bits per heavy atom. The molecule has 2 N–H and O–H groups in total. The Morgan fingerprint density at radius 2 is 2.40 bits per heavy atom. The second kappa shape index (κ2) is 4.33. The molecule has 84 valence electrons. The number of hydrogen-bond donors (Lipinski definition) is 1. The molecule has 2 heterocycles. The van der Waals surface area contributed by atoms with E-state index in [1.807, 2.05) is 19.2 Å². The summed E-state index contributed by atoms with van der Waals surface area (Å²) in [4.78, 5) is 2.36. The molecule has 2 unspecified atom stereocenters. The standard InChI is InChI=1S/C11H20N4/c1-9(12)11-5-6-13-15(11)10-4-3-7-14(2)8-10/h5-6,9-10H,3-4,7-8,12H2,1-2H3. The molecule has 2 atom stereocenters. The van der Waals surface area contributed by atoms with Crippen LogP contribution in [0.25, 0.3) is 0 Å². The summed E-state index contributed by atoms with van der Waals surface area (Å²) >= 11 is 0. The fourth-order valence-electron chi connectivity index (χ4n) is 2.33. The predicted octanol–water partition coefficient (Wildman–Crippen LogP) is 1.17. The topological polar surface area (TPSA) is 47.1 Å². The first-order valence-electron chi connectivity index (χ1n) is 5.66. The van der Waals surface area contributed by atoms with Crippen LogP contribution in [0.5, 0.6) is 0 Å². The van der Waals surface area contributed by atoms with Crippen molar-refractivity contribution in [1.82, 2.24) is 14.7 Å². The van der Waals surface area contributed by atoms with E-state index in [4.69, 9.17) is 5.73 Å². The van der Waals surface area contributed by atoms with Gasteiger partial charge >= 0.3 is 0 Å². The van der Waals surface area contributed by atoms with Gasteiger partial charge in [0.2, 0.25) is 0 Å². The van der Waals surface area contributed by atoms with E-state index in [1.54, 1.807) is 0 Å². The van der Waals surface area contributed by atoms with Crippen molar-refractivity contribution in [3.8, 4) is 0 Å². The summed E-state index contributed by atoms with van der Waals surface area (Å²) in [6, 6.07) is 2.60. The van der Waals surface area contributed by atoms with Gasteiger partial charge in [-0.3, -0.25) is 4.68 Å². The minimum atomic E-state index is 0.0692. The minimum absolute atomic E-state index is 0.0692. The Balaban J connectivity index is 2.17. The molecular weight excluding hydrogens is 188 g/mol. The number of hydrogen-bond acceptors (Lipinski definition) is 3. The number of nitrogens with two attached hydrogens (primary N) is 1. The van der Waals surface area contributed by atoms with Crippen molar-refractivity contribution in [1.29, 1.82) is 0 Å². The Kier molecular flexibility index (Phi) is 3.07. The average molecular weight is 208 g/mol. The Hall–Kier alpha value is -0.870. The maximum absolute atomic E-state index is 5.93. The molecule has 4 nitrogen and oxygen atoms in total. The molecule has 0 aliphatic carbocycles. The monoisotopic (exact) mass is 208 g/mol. The van der Waals surface area contributed by atoms with E-state index in [9.17, 15) is 0 Å². The first-order valence-corrected chi connectivity index (χ1v) is 5.66. The molecule has 1 aromatic heterocycles. The average Bonchev–Trinajstić information content (AvgIpc) is 2.65. The zero-order valence-electron chi connectivity index (χ0n) is 9.56. The molecule has 0 spiro atoms. The van der Waals surface area contributed by atoms with Crippen LogP contribution in [0.4, 0.5) is 0 Å². The number of nitrogens with zero attached hydrogens (tertiary/aromatic N) is 3. The number of rotatable bonds is 2. The summed E-state index contributed by atoms with van der Waals surface area (Å²) in [5, 5.41) is 4.41. The molecule has 1 aromatic rings.